The number of nitrogens with one attached hydrogen (secondary N) is 1. The molecular weight excluding hydrogens is 561 g/mol. The molecule has 0 aliphatic carbocycles. The van der Waals surface area contributed by atoms with Crippen molar-refractivity contribution in [1.82, 2.24) is 29.0 Å². The van der Waals surface area contributed by atoms with E-state index in [4.69, 9.17) is 4.74 Å². The molecule has 2 N–H and O–H groups in total. The zero-order valence-electron chi connectivity index (χ0n) is 25.5. The van der Waals surface area contributed by atoms with Crippen molar-refractivity contribution in [2.45, 2.75) is 79.1 Å². The van der Waals surface area contributed by atoms with Crippen LogP contribution in [0, 0.1) is 17.8 Å². The third kappa shape index (κ3) is 7.40. The molecule has 1 saturated heterocycles. The molecule has 13 nitrogen and oxygen atoms in total. The lowest BCUT2D eigenvalue weighted by atomic mass is 10.1. The number of imidazole rings is 1. The van der Waals surface area contributed by atoms with Crippen LogP contribution in [-0.2, 0) is 24.9 Å². The van der Waals surface area contributed by atoms with E-state index in [0.29, 0.717) is 25.5 Å². The van der Waals surface area contributed by atoms with Gasteiger partial charge in [0.25, 0.3) is 5.56 Å². The van der Waals surface area contributed by atoms with E-state index < -0.39 is 41.4 Å². The largest absolute Gasteiger partial charge is 0.478 e. The Balaban J connectivity index is 0.00000248. The minimum absolute atomic E-state index is 0.0698. The van der Waals surface area contributed by atoms with E-state index in [2.05, 4.69) is 27.1 Å². The van der Waals surface area contributed by atoms with E-state index in [1.165, 1.54) is 11.6 Å². The van der Waals surface area contributed by atoms with Gasteiger partial charge in [0.1, 0.15) is 5.60 Å². The van der Waals surface area contributed by atoms with Crippen molar-refractivity contribution in [3.63, 3.8) is 0 Å². The van der Waals surface area contributed by atoms with Crippen molar-refractivity contribution < 1.29 is 23.8 Å². The first kappa shape index (κ1) is 32.8. The van der Waals surface area contributed by atoms with E-state index in [-0.39, 0.29) is 35.0 Å². The highest BCUT2D eigenvalue weighted by Crippen LogP contribution is 2.24. The Morgan fingerprint density at radius 3 is 2.51 bits per heavy atom. The molecule has 1 aliphatic rings. The summed E-state index contributed by atoms with van der Waals surface area (Å²) in [6.45, 7) is 11.5. The summed E-state index contributed by atoms with van der Waals surface area (Å²) in [5, 5.41) is 12.4. The fraction of sp³-hybridized carbons (Fsp3) is 0.517. The second-order valence-electron chi connectivity index (χ2n) is 10.7. The SMILES string of the molecule is CC.CC#CCn1c(N2CCCC(NC(=O)OC(C)(C)C)C2)nc2c1c(=O)n(Cc1nc(F)ccc1C(=O)O)c(=O)n2C. The summed E-state index contributed by atoms with van der Waals surface area (Å²) >= 11 is 0. The van der Waals surface area contributed by atoms with Crippen LogP contribution in [0.15, 0.2) is 21.7 Å². The zero-order valence-corrected chi connectivity index (χ0v) is 25.5. The van der Waals surface area contributed by atoms with Gasteiger partial charge in [0.2, 0.25) is 11.9 Å². The summed E-state index contributed by atoms with van der Waals surface area (Å²) in [6.07, 6.45) is 0.893. The molecule has 3 aromatic heterocycles. The maximum Gasteiger partial charge on any atom is 0.407 e. The number of carbonyl (C=O) groups is 2. The maximum atomic E-state index is 13.9. The van der Waals surface area contributed by atoms with Crippen molar-refractivity contribution in [2.75, 3.05) is 18.0 Å². The molecule has 1 amide bonds. The molecule has 1 aliphatic heterocycles. The van der Waals surface area contributed by atoms with E-state index in [0.717, 1.165) is 23.1 Å². The molecule has 1 atom stereocenters. The number of fused-ring (bicyclic) bond motifs is 1. The molecule has 4 rings (SSSR count). The Hall–Kier alpha value is -4.67. The van der Waals surface area contributed by atoms with E-state index in [1.807, 2.05) is 18.7 Å². The van der Waals surface area contributed by atoms with E-state index in [9.17, 15) is 28.7 Å². The van der Waals surface area contributed by atoms with Crippen molar-refractivity contribution in [1.29, 1.82) is 0 Å². The number of piperidine rings is 1. The van der Waals surface area contributed by atoms with Gasteiger partial charge in [-0.3, -0.25) is 18.5 Å². The first-order valence-corrected chi connectivity index (χ1v) is 14.0. The van der Waals surface area contributed by atoms with Crippen LogP contribution in [0.5, 0.6) is 0 Å². The molecule has 4 heterocycles. The number of alkyl carbamates (subject to hydrolysis) is 1. The van der Waals surface area contributed by atoms with E-state index >= 15 is 0 Å². The third-order valence-electron chi connectivity index (χ3n) is 6.53. The van der Waals surface area contributed by atoms with Crippen LogP contribution in [0.25, 0.3) is 11.2 Å². The van der Waals surface area contributed by atoms with Crippen molar-refractivity contribution in [3.05, 3.63) is 50.2 Å². The molecule has 0 radical (unpaired) electrons. The molecule has 0 bridgehead atoms. The van der Waals surface area contributed by atoms with Gasteiger partial charge in [0, 0.05) is 26.2 Å². The predicted molar refractivity (Wildman–Crippen MR) is 159 cm³/mol. The van der Waals surface area contributed by atoms with Gasteiger partial charge < -0.3 is 20.1 Å². The predicted octanol–water partition coefficient (Wildman–Crippen LogP) is 2.72. The van der Waals surface area contributed by atoms with Gasteiger partial charge in [0.05, 0.1) is 24.3 Å². The van der Waals surface area contributed by atoms with Crippen LogP contribution in [0.2, 0.25) is 0 Å². The fourth-order valence-electron chi connectivity index (χ4n) is 4.74. The van der Waals surface area contributed by atoms with E-state index in [1.54, 1.807) is 32.3 Å². The van der Waals surface area contributed by atoms with Gasteiger partial charge in [-0.2, -0.15) is 9.37 Å². The van der Waals surface area contributed by atoms with Gasteiger partial charge in [-0.05, 0) is 52.7 Å². The van der Waals surface area contributed by atoms with Crippen molar-refractivity contribution in [3.8, 4) is 11.8 Å². The average molecular weight is 600 g/mol. The maximum absolute atomic E-state index is 13.9. The molecule has 0 spiro atoms. The molecule has 3 aromatic rings. The number of amides is 1. The molecule has 1 unspecified atom stereocenters. The Morgan fingerprint density at radius 1 is 1.19 bits per heavy atom. The number of nitrogens with zero attached hydrogens (tertiary/aromatic N) is 6. The standard InChI is InChI=1S/C27H32FN7O6.C2H6/c1-6-7-13-34-20-21(31-24(34)33-12-8-9-16(14-33)29-25(39)41-27(2,3)4)32(5)26(40)35(22(20)36)15-18-17(23(37)38)10-11-19(28)30-18;1-2/h10-11,16H,8-9,12-15H2,1-5H3,(H,29,39)(H,37,38);1-2H3. The van der Waals surface area contributed by atoms with Crippen LogP contribution in [0.1, 0.15) is 70.4 Å². The number of ether oxygens (including phenoxy) is 1. The molecule has 43 heavy (non-hydrogen) atoms. The molecule has 14 heteroatoms. The third-order valence-corrected chi connectivity index (χ3v) is 6.53. The number of aromatic nitrogens is 5. The molecule has 0 saturated carbocycles. The highest BCUT2D eigenvalue weighted by Gasteiger charge is 2.29. The molecular formula is C29H38FN7O6. The van der Waals surface area contributed by atoms with Crippen LogP contribution in [0.4, 0.5) is 15.1 Å². The Bertz CT molecular complexity index is 1690. The number of rotatable bonds is 6. The summed E-state index contributed by atoms with van der Waals surface area (Å²) in [5.41, 5.74) is -2.60. The number of carboxylic acid groups (broad SMARTS) is 1. The quantitative estimate of drug-likeness (QED) is 0.322. The van der Waals surface area contributed by atoms with Gasteiger partial charge in [0.15, 0.2) is 11.2 Å². The topological polar surface area (TPSA) is 154 Å². The van der Waals surface area contributed by atoms with Crippen LogP contribution in [0.3, 0.4) is 0 Å². The second kappa shape index (κ2) is 13.5. The van der Waals surface area contributed by atoms with Crippen molar-refractivity contribution in [2.24, 2.45) is 7.05 Å². The van der Waals surface area contributed by atoms with Gasteiger partial charge >= 0.3 is 17.8 Å². The number of aromatic carboxylic acids is 1. The van der Waals surface area contributed by atoms with Gasteiger partial charge in [-0.15, -0.1) is 5.92 Å². The number of hydrogen-bond acceptors (Lipinski definition) is 8. The lowest BCUT2D eigenvalue weighted by Crippen LogP contribution is -2.49. The summed E-state index contributed by atoms with van der Waals surface area (Å²) in [5.74, 6) is 3.81. The summed E-state index contributed by atoms with van der Waals surface area (Å²) in [7, 11) is 1.44. The number of aryl methyl sites for hydroxylation is 1. The van der Waals surface area contributed by atoms with Gasteiger partial charge in [-0.1, -0.05) is 19.8 Å². The summed E-state index contributed by atoms with van der Waals surface area (Å²) in [6, 6.07) is 1.68. The number of anilines is 1. The zero-order chi connectivity index (χ0) is 32.1. The molecule has 232 valence electrons. The first-order chi connectivity index (χ1) is 20.3. The van der Waals surface area contributed by atoms with Crippen LogP contribution < -0.4 is 21.5 Å². The lowest BCUT2D eigenvalue weighted by Gasteiger charge is -2.34. The van der Waals surface area contributed by atoms with Crippen LogP contribution in [-0.4, -0.2) is 65.6 Å². The Labute approximate surface area is 248 Å². The number of pyridine rings is 1. The average Bonchev–Trinajstić information content (AvgIpc) is 3.33. The minimum Gasteiger partial charge on any atom is -0.478 e. The minimum atomic E-state index is -1.37. The number of hydrogen-bond donors (Lipinski definition) is 2. The monoisotopic (exact) mass is 599 g/mol. The molecule has 1 fully saturated rings. The Morgan fingerprint density at radius 2 is 1.88 bits per heavy atom. The number of carboxylic acids is 1. The fourth-order valence-corrected chi connectivity index (χ4v) is 4.74. The second-order valence-corrected chi connectivity index (χ2v) is 10.7. The molecule has 0 aromatic carbocycles. The van der Waals surface area contributed by atoms with Gasteiger partial charge in [-0.25, -0.2) is 19.4 Å². The summed E-state index contributed by atoms with van der Waals surface area (Å²) in [4.78, 5) is 61.3. The Kier molecular flexibility index (Phi) is 10.3. The normalized spacial score (nSPS) is 14.8. The first-order valence-electron chi connectivity index (χ1n) is 14.0. The van der Waals surface area contributed by atoms with Crippen LogP contribution >= 0.6 is 0 Å². The number of halogens is 1. The van der Waals surface area contributed by atoms with Crippen molar-refractivity contribution >= 4 is 29.2 Å². The lowest BCUT2D eigenvalue weighted by molar-refractivity contribution is 0.0499. The number of carbonyl (C=O) groups excluding carboxylic acids is 1. The summed E-state index contributed by atoms with van der Waals surface area (Å²) < 4.78 is 22.9. The highest BCUT2D eigenvalue weighted by molar-refractivity contribution is 5.88. The smallest absolute Gasteiger partial charge is 0.407 e. The highest BCUT2D eigenvalue weighted by atomic mass is 19.1.